The Labute approximate surface area is 40.9 Å². The molecule has 0 aliphatic rings. The second-order valence-electron chi connectivity index (χ2n) is 0.0913. The number of hydrogen-bond acceptors (Lipinski definition) is 1. The molecule has 5 heavy (non-hydrogen) atoms. The minimum absolute atomic E-state index is 0.500. The third-order valence-corrected chi connectivity index (χ3v) is 0. The summed E-state index contributed by atoms with van der Waals surface area (Å²) in [5.41, 5.74) is 2.12. The Hall–Kier alpha value is 0.0934. The molecule has 0 aromatic heterocycles. The molecular weight excluding hydrogens is 121 g/mol. The van der Waals surface area contributed by atoms with Gasteiger partial charge < -0.3 is 9.90 Å². The SMILES string of the molecule is O=[C-]O.[CH3][Zn+]. The molecule has 3 heteroatoms. The first-order valence-corrected chi connectivity index (χ1v) is 4.10. The molecule has 0 aliphatic carbocycles. The molecule has 0 fully saturated rings. The van der Waals surface area contributed by atoms with Crippen molar-refractivity contribution in [3.05, 3.63) is 0 Å². The molecule has 1 N–H and O–H groups in total. The zero-order valence-corrected chi connectivity index (χ0v) is 6.03. The zero-order chi connectivity index (χ0) is 4.71. The molecule has 0 aromatic carbocycles. The van der Waals surface area contributed by atoms with E-state index in [9.17, 15) is 0 Å². The Morgan fingerprint density at radius 1 is 1.80 bits per heavy atom. The van der Waals surface area contributed by atoms with Gasteiger partial charge in [-0.1, -0.05) is 6.47 Å². The topological polar surface area (TPSA) is 37.3 Å². The Morgan fingerprint density at radius 3 is 1.80 bits per heavy atom. The van der Waals surface area contributed by atoms with Gasteiger partial charge in [0.1, 0.15) is 0 Å². The molecule has 0 bridgehead atoms. The van der Waals surface area contributed by atoms with Gasteiger partial charge in [0, 0.05) is 0 Å². The second kappa shape index (κ2) is 32.8. The molecule has 0 heterocycles. The fraction of sp³-hybridized carbons (Fsp3) is 0.500. The van der Waals surface area contributed by atoms with Crippen LogP contribution >= 0.6 is 0 Å². The standard InChI is InChI=1S/CHO2.CH3.Zn/c2-1-3;;/h(H,2,3);1H3;/q-1;;+1. The molecule has 0 rings (SSSR count). The molecule has 2 nitrogen and oxygen atoms in total. The molecule has 0 unspecified atom stereocenters. The van der Waals surface area contributed by atoms with Crippen LogP contribution in [0.2, 0.25) is 5.52 Å². The van der Waals surface area contributed by atoms with Crippen LogP contribution in [0.15, 0.2) is 0 Å². The molecule has 0 saturated carbocycles. The second-order valence-corrected chi connectivity index (χ2v) is 0.0913. The van der Waals surface area contributed by atoms with Crippen molar-refractivity contribution in [2.45, 2.75) is 5.52 Å². The maximum absolute atomic E-state index is 8.24. The summed E-state index contributed by atoms with van der Waals surface area (Å²) >= 11 is 1.38. The van der Waals surface area contributed by atoms with Crippen LogP contribution in [-0.4, -0.2) is 11.6 Å². The van der Waals surface area contributed by atoms with Gasteiger partial charge in [-0.2, -0.15) is 0 Å². The normalized spacial score (nSPS) is 3.80. The van der Waals surface area contributed by atoms with Crippen LogP contribution in [0.25, 0.3) is 0 Å². The van der Waals surface area contributed by atoms with Gasteiger partial charge in [-0.3, -0.25) is 0 Å². The van der Waals surface area contributed by atoms with Gasteiger partial charge in [-0.15, -0.1) is 0 Å². The molecule has 0 aliphatic heterocycles. The summed E-state index contributed by atoms with van der Waals surface area (Å²) in [6, 6.07) is 0. The Bertz CT molecular complexity index is 15.1. The Kier molecular flexibility index (Phi) is 58.4. The fourth-order valence-electron chi connectivity index (χ4n) is 0. The van der Waals surface area contributed by atoms with Crippen LogP contribution < -0.4 is 0 Å². The summed E-state index contributed by atoms with van der Waals surface area (Å²) in [6.45, 7) is 0.500. The molecule has 0 saturated heterocycles. The summed E-state index contributed by atoms with van der Waals surface area (Å²) < 4.78 is 0. The average molecular weight is 125 g/mol. The average Bonchev–Trinajstić information content (AvgIpc) is 1.46. The summed E-state index contributed by atoms with van der Waals surface area (Å²) in [6.07, 6.45) is 0. The van der Waals surface area contributed by atoms with Gasteiger partial charge in [0.15, 0.2) is 0 Å². The molecule has 26 valence electrons. The van der Waals surface area contributed by atoms with Crippen LogP contribution in [0.5, 0.6) is 0 Å². The van der Waals surface area contributed by atoms with E-state index < -0.39 is 0 Å². The van der Waals surface area contributed by atoms with Gasteiger partial charge in [-0.05, 0) is 0 Å². The van der Waals surface area contributed by atoms with E-state index in [4.69, 9.17) is 9.90 Å². The van der Waals surface area contributed by atoms with Crippen molar-refractivity contribution in [2.24, 2.45) is 0 Å². The fourth-order valence-corrected chi connectivity index (χ4v) is 0. The predicted octanol–water partition coefficient (Wildman–Crippen LogP) is 0.193. The first-order valence-electron chi connectivity index (χ1n) is 1.13. The third-order valence-electron chi connectivity index (χ3n) is 0. The van der Waals surface area contributed by atoms with Crippen molar-refractivity contribution in [2.75, 3.05) is 0 Å². The summed E-state index contributed by atoms with van der Waals surface area (Å²) in [5.74, 6) is 0. The third kappa shape index (κ3) is 2060. The first kappa shape index (κ1) is 8.92. The van der Waals surface area contributed by atoms with Crippen molar-refractivity contribution in [1.29, 1.82) is 0 Å². The van der Waals surface area contributed by atoms with Crippen LogP contribution in [0.1, 0.15) is 0 Å². The van der Waals surface area contributed by atoms with Gasteiger partial charge in [0.05, 0.1) is 0 Å². The van der Waals surface area contributed by atoms with Crippen LogP contribution in [0.3, 0.4) is 0 Å². The number of aliphatic hydroxyl groups excluding tert-OH is 1. The van der Waals surface area contributed by atoms with E-state index in [0.717, 1.165) is 0 Å². The predicted molar refractivity (Wildman–Crippen MR) is 14.2 cm³/mol. The van der Waals surface area contributed by atoms with Crippen molar-refractivity contribution < 1.29 is 28.2 Å². The van der Waals surface area contributed by atoms with E-state index in [0.29, 0.717) is 6.47 Å². The molecule has 0 atom stereocenters. The molecule has 0 spiro atoms. The van der Waals surface area contributed by atoms with Crippen LogP contribution in [-0.2, 0) is 23.1 Å². The number of hydrogen-bond donors (Lipinski definition) is 1. The van der Waals surface area contributed by atoms with Crippen molar-refractivity contribution in [3.63, 3.8) is 0 Å². The minimum atomic E-state index is 0.500. The Morgan fingerprint density at radius 2 is 1.80 bits per heavy atom. The van der Waals surface area contributed by atoms with E-state index in [2.05, 4.69) is 5.52 Å². The van der Waals surface area contributed by atoms with E-state index in [-0.39, 0.29) is 0 Å². The summed E-state index contributed by atoms with van der Waals surface area (Å²) in [4.78, 5) is 8.24. The summed E-state index contributed by atoms with van der Waals surface area (Å²) in [5, 5.41) is 6.76. The van der Waals surface area contributed by atoms with Gasteiger partial charge in [-0.25, -0.2) is 0 Å². The van der Waals surface area contributed by atoms with Gasteiger partial charge in [0.25, 0.3) is 0 Å². The van der Waals surface area contributed by atoms with E-state index in [1.807, 2.05) is 0 Å². The molecular formula is C2H4O2Zn. The van der Waals surface area contributed by atoms with Crippen molar-refractivity contribution >= 4 is 6.47 Å². The molecule has 0 radical (unpaired) electrons. The number of rotatable bonds is 0. The maximum atomic E-state index is 8.24. The first-order chi connectivity index (χ1) is 2.41. The van der Waals surface area contributed by atoms with Gasteiger partial charge in [0.2, 0.25) is 0 Å². The van der Waals surface area contributed by atoms with Crippen molar-refractivity contribution in [1.82, 2.24) is 0 Å². The quantitative estimate of drug-likeness (QED) is 0.371. The monoisotopic (exact) mass is 124 g/mol. The van der Waals surface area contributed by atoms with E-state index >= 15 is 0 Å². The molecule has 0 aromatic rings. The van der Waals surface area contributed by atoms with Crippen LogP contribution in [0, 0.1) is 0 Å². The summed E-state index contributed by atoms with van der Waals surface area (Å²) in [7, 11) is 0. The van der Waals surface area contributed by atoms with E-state index in [1.54, 1.807) is 0 Å². The zero-order valence-electron chi connectivity index (χ0n) is 3.06. The van der Waals surface area contributed by atoms with Crippen LogP contribution in [0.4, 0.5) is 0 Å². The molecule has 0 amide bonds. The Balaban J connectivity index is 0. The van der Waals surface area contributed by atoms with Crippen molar-refractivity contribution in [3.8, 4) is 0 Å². The van der Waals surface area contributed by atoms with E-state index in [1.165, 1.54) is 18.3 Å². The van der Waals surface area contributed by atoms with Gasteiger partial charge >= 0.3 is 23.8 Å².